The molecule has 166 valence electrons. The molecule has 2 N–H and O–H groups in total. The highest BCUT2D eigenvalue weighted by molar-refractivity contribution is 14.0. The predicted octanol–water partition coefficient (Wildman–Crippen LogP) is 4.19. The van der Waals surface area contributed by atoms with E-state index in [2.05, 4.69) is 50.2 Å². The van der Waals surface area contributed by atoms with Crippen LogP contribution < -0.4 is 20.4 Å². The fraction of sp³-hybridized carbons (Fsp3) is 0.619. The van der Waals surface area contributed by atoms with Gasteiger partial charge in [-0.3, -0.25) is 4.99 Å². The van der Waals surface area contributed by atoms with E-state index in [1.165, 1.54) is 28.7 Å². The Morgan fingerprint density at radius 3 is 2.67 bits per heavy atom. The summed E-state index contributed by atoms with van der Waals surface area (Å²) >= 11 is 3.61. The maximum Gasteiger partial charge on any atom is 0.191 e. The van der Waals surface area contributed by atoms with Crippen molar-refractivity contribution in [3.05, 3.63) is 28.6 Å². The minimum atomic E-state index is 0. The van der Waals surface area contributed by atoms with E-state index in [0.717, 1.165) is 64.5 Å². The van der Waals surface area contributed by atoms with E-state index in [1.54, 1.807) is 11.3 Å². The third-order valence-corrected chi connectivity index (χ3v) is 7.43. The Labute approximate surface area is 205 Å². The van der Waals surface area contributed by atoms with Crippen molar-refractivity contribution in [2.75, 3.05) is 49.1 Å². The normalized spacial score (nSPS) is 17.8. The number of anilines is 2. The van der Waals surface area contributed by atoms with Crippen molar-refractivity contribution < 1.29 is 0 Å². The number of aliphatic imine (C=N–C) groups is 1. The van der Waals surface area contributed by atoms with Crippen LogP contribution in [0.1, 0.15) is 38.3 Å². The van der Waals surface area contributed by atoms with Crippen molar-refractivity contribution in [1.82, 2.24) is 15.6 Å². The average Bonchev–Trinajstić information content (AvgIpc) is 3.50. The minimum Gasteiger partial charge on any atom is -0.363 e. The zero-order chi connectivity index (χ0) is 19.9. The highest BCUT2D eigenvalue weighted by Gasteiger charge is 2.20. The Balaban J connectivity index is 0.00000256. The number of rotatable bonds is 7. The van der Waals surface area contributed by atoms with Crippen LogP contribution in [0, 0.1) is 0 Å². The number of guanidine groups is 1. The first-order valence-corrected chi connectivity index (χ1v) is 12.6. The van der Waals surface area contributed by atoms with Crippen LogP contribution in [0.15, 0.2) is 27.9 Å². The molecule has 4 heterocycles. The molecule has 0 aromatic carbocycles. The first-order valence-electron chi connectivity index (χ1n) is 10.8. The van der Waals surface area contributed by atoms with Crippen LogP contribution in [0.3, 0.4) is 0 Å². The predicted molar refractivity (Wildman–Crippen MR) is 141 cm³/mol. The lowest BCUT2D eigenvalue weighted by Gasteiger charge is -2.33. The van der Waals surface area contributed by atoms with Gasteiger partial charge in [0, 0.05) is 57.1 Å². The van der Waals surface area contributed by atoms with E-state index < -0.39 is 0 Å². The summed E-state index contributed by atoms with van der Waals surface area (Å²) in [6.07, 6.45) is 5.78. The number of hydrogen-bond donors (Lipinski definition) is 2. The molecule has 4 rings (SSSR count). The molecular weight excluding hydrogens is 527 g/mol. The Morgan fingerprint density at radius 2 is 1.97 bits per heavy atom. The maximum atomic E-state index is 4.81. The molecule has 0 spiro atoms. The topological polar surface area (TPSA) is 55.8 Å². The van der Waals surface area contributed by atoms with Gasteiger partial charge in [-0.1, -0.05) is 0 Å². The number of thiophene rings is 1. The molecule has 0 amide bonds. The second-order valence-electron chi connectivity index (χ2n) is 7.68. The Hall–Kier alpha value is -1.07. The molecule has 2 aliphatic heterocycles. The van der Waals surface area contributed by atoms with Gasteiger partial charge in [0.1, 0.15) is 0 Å². The lowest BCUT2D eigenvalue weighted by Crippen LogP contribution is -2.48. The van der Waals surface area contributed by atoms with Crippen LogP contribution in [0.4, 0.5) is 10.1 Å². The molecule has 0 atom stereocenters. The molecule has 0 unspecified atom stereocenters. The standard InChI is InChI=1S/C21H32N6S2.HI/c1-2-22-20(24-17-8-13-26(14-9-17)19-6-5-15-28-19)23-10-7-18-16-29-21(25-18)27-11-3-4-12-27;/h5-6,15-17H,2-4,7-14H2,1H3,(H2,22,23,24);1H. The molecular formula is C21H33IN6S2. The number of nitrogens with one attached hydrogen (secondary N) is 2. The number of hydrogen-bond acceptors (Lipinski definition) is 6. The Kier molecular flexibility index (Phi) is 9.51. The lowest BCUT2D eigenvalue weighted by molar-refractivity contribution is 0.463. The Morgan fingerprint density at radius 1 is 1.17 bits per heavy atom. The second kappa shape index (κ2) is 12.1. The zero-order valence-corrected chi connectivity index (χ0v) is 21.6. The molecule has 2 aliphatic rings. The van der Waals surface area contributed by atoms with Gasteiger partial charge in [-0.15, -0.1) is 46.7 Å². The van der Waals surface area contributed by atoms with Gasteiger partial charge in [-0.2, -0.15) is 0 Å². The van der Waals surface area contributed by atoms with Gasteiger partial charge in [0.2, 0.25) is 0 Å². The van der Waals surface area contributed by atoms with Crippen LogP contribution in [0.5, 0.6) is 0 Å². The largest absolute Gasteiger partial charge is 0.363 e. The third kappa shape index (κ3) is 6.46. The van der Waals surface area contributed by atoms with E-state index >= 15 is 0 Å². The summed E-state index contributed by atoms with van der Waals surface area (Å²) < 4.78 is 0. The van der Waals surface area contributed by atoms with Gasteiger partial charge in [0.25, 0.3) is 0 Å². The van der Waals surface area contributed by atoms with Crippen molar-refractivity contribution in [3.8, 4) is 0 Å². The number of aromatic nitrogens is 1. The van der Waals surface area contributed by atoms with Crippen molar-refractivity contribution in [1.29, 1.82) is 0 Å². The molecule has 2 aromatic rings. The summed E-state index contributed by atoms with van der Waals surface area (Å²) in [5.41, 5.74) is 1.17. The van der Waals surface area contributed by atoms with Crippen molar-refractivity contribution in [2.24, 2.45) is 4.99 Å². The van der Waals surface area contributed by atoms with Crippen LogP contribution in [0.2, 0.25) is 0 Å². The second-order valence-corrected chi connectivity index (χ2v) is 9.45. The molecule has 6 nitrogen and oxygen atoms in total. The van der Waals surface area contributed by atoms with Crippen LogP contribution >= 0.6 is 46.7 Å². The molecule has 0 saturated carbocycles. The average molecular weight is 561 g/mol. The number of piperidine rings is 1. The molecule has 9 heteroatoms. The fourth-order valence-corrected chi connectivity index (χ4v) is 5.65. The lowest BCUT2D eigenvalue weighted by atomic mass is 10.1. The van der Waals surface area contributed by atoms with Crippen LogP contribution in [-0.2, 0) is 6.42 Å². The summed E-state index contributed by atoms with van der Waals surface area (Å²) in [7, 11) is 0. The molecule has 0 bridgehead atoms. The minimum absolute atomic E-state index is 0. The van der Waals surface area contributed by atoms with E-state index in [4.69, 9.17) is 9.98 Å². The molecule has 2 saturated heterocycles. The molecule has 0 radical (unpaired) electrons. The first kappa shape index (κ1) is 23.6. The summed E-state index contributed by atoms with van der Waals surface area (Å²) in [6, 6.07) is 4.85. The summed E-state index contributed by atoms with van der Waals surface area (Å²) in [5.74, 6) is 0.942. The zero-order valence-electron chi connectivity index (χ0n) is 17.7. The van der Waals surface area contributed by atoms with Gasteiger partial charge in [-0.25, -0.2) is 4.98 Å². The first-order chi connectivity index (χ1) is 14.3. The van der Waals surface area contributed by atoms with Crippen LogP contribution in [0.25, 0.3) is 0 Å². The number of thiazole rings is 1. The number of halogens is 1. The summed E-state index contributed by atoms with van der Waals surface area (Å²) in [5, 5.41) is 14.0. The van der Waals surface area contributed by atoms with E-state index in [-0.39, 0.29) is 24.0 Å². The molecule has 30 heavy (non-hydrogen) atoms. The Bertz CT molecular complexity index is 764. The smallest absolute Gasteiger partial charge is 0.191 e. The fourth-order valence-electron chi connectivity index (χ4n) is 3.95. The van der Waals surface area contributed by atoms with Gasteiger partial charge in [0.05, 0.1) is 10.7 Å². The maximum absolute atomic E-state index is 4.81. The van der Waals surface area contributed by atoms with Crippen LogP contribution in [-0.4, -0.2) is 56.3 Å². The third-order valence-electron chi connectivity index (χ3n) is 5.55. The van der Waals surface area contributed by atoms with E-state index in [1.807, 2.05) is 11.3 Å². The van der Waals surface area contributed by atoms with E-state index in [0.29, 0.717) is 6.04 Å². The number of nitrogens with zero attached hydrogens (tertiary/aromatic N) is 4. The van der Waals surface area contributed by atoms with Crippen molar-refractivity contribution >= 4 is 62.7 Å². The quantitative estimate of drug-likeness (QED) is 0.302. The summed E-state index contributed by atoms with van der Waals surface area (Å²) in [6.45, 7) is 8.31. The molecule has 0 aliphatic carbocycles. The highest BCUT2D eigenvalue weighted by atomic mass is 127. The van der Waals surface area contributed by atoms with Crippen molar-refractivity contribution in [2.45, 2.75) is 45.1 Å². The van der Waals surface area contributed by atoms with E-state index in [9.17, 15) is 0 Å². The van der Waals surface area contributed by atoms with Gasteiger partial charge in [-0.05, 0) is 50.1 Å². The molecule has 2 aromatic heterocycles. The van der Waals surface area contributed by atoms with Crippen molar-refractivity contribution in [3.63, 3.8) is 0 Å². The van der Waals surface area contributed by atoms with Gasteiger partial charge in [0.15, 0.2) is 11.1 Å². The van der Waals surface area contributed by atoms with Gasteiger partial charge < -0.3 is 20.4 Å². The van der Waals surface area contributed by atoms with Gasteiger partial charge >= 0.3 is 0 Å². The monoisotopic (exact) mass is 560 g/mol. The molecule has 2 fully saturated rings. The highest BCUT2D eigenvalue weighted by Crippen LogP contribution is 2.25. The SMILES string of the molecule is CCNC(=NCCc1csc(N2CCCC2)n1)NC1CCN(c2cccs2)CC1.I. The summed E-state index contributed by atoms with van der Waals surface area (Å²) in [4.78, 5) is 14.5.